The molecule has 1 N–H and O–H groups in total. The highest BCUT2D eigenvalue weighted by molar-refractivity contribution is 8.27. The SMILES string of the molecule is CC(C)(C)NC(=O)c1ccc(C=C2SC(=S)N(c3cccc(C(F)(F)F)c3)C2=O)cc1. The van der Waals surface area contributed by atoms with E-state index in [0.29, 0.717) is 11.1 Å². The number of hydrogen-bond donors (Lipinski definition) is 1. The third-order valence-corrected chi connectivity index (χ3v) is 5.49. The fourth-order valence-electron chi connectivity index (χ4n) is 2.81. The topological polar surface area (TPSA) is 49.4 Å². The molecule has 2 aromatic rings. The molecule has 9 heteroatoms. The van der Waals surface area contributed by atoms with Gasteiger partial charge in [0.1, 0.15) is 0 Å². The Morgan fingerprint density at radius 3 is 2.32 bits per heavy atom. The van der Waals surface area contributed by atoms with E-state index in [4.69, 9.17) is 12.2 Å². The van der Waals surface area contributed by atoms with Crippen molar-refractivity contribution in [2.75, 3.05) is 4.90 Å². The number of carbonyl (C=O) groups excluding carboxylic acids is 2. The Kier molecular flexibility index (Phi) is 6.29. The maximum atomic E-state index is 13.0. The highest BCUT2D eigenvalue weighted by Gasteiger charge is 2.36. The number of carbonyl (C=O) groups is 2. The summed E-state index contributed by atoms with van der Waals surface area (Å²) in [6.45, 7) is 5.64. The molecule has 0 aliphatic carbocycles. The molecular weight excluding hydrogens is 445 g/mol. The van der Waals surface area contributed by atoms with Crippen LogP contribution in [0.1, 0.15) is 42.3 Å². The second kappa shape index (κ2) is 8.47. The zero-order valence-corrected chi connectivity index (χ0v) is 18.5. The number of nitrogens with one attached hydrogen (secondary N) is 1. The van der Waals surface area contributed by atoms with Gasteiger partial charge in [-0.25, -0.2) is 0 Å². The minimum atomic E-state index is -4.52. The number of benzene rings is 2. The van der Waals surface area contributed by atoms with E-state index in [0.717, 1.165) is 28.8 Å². The molecule has 0 saturated carbocycles. The van der Waals surface area contributed by atoms with Gasteiger partial charge < -0.3 is 5.32 Å². The van der Waals surface area contributed by atoms with E-state index in [9.17, 15) is 22.8 Å². The van der Waals surface area contributed by atoms with E-state index in [1.54, 1.807) is 30.3 Å². The molecule has 1 aliphatic heterocycles. The van der Waals surface area contributed by atoms with E-state index >= 15 is 0 Å². The van der Waals surface area contributed by atoms with Crippen molar-refractivity contribution < 1.29 is 22.8 Å². The molecule has 0 unspecified atom stereocenters. The lowest BCUT2D eigenvalue weighted by atomic mass is 10.1. The highest BCUT2D eigenvalue weighted by atomic mass is 32.2. The average molecular weight is 465 g/mol. The number of thiocarbonyl (C=S) groups is 1. The van der Waals surface area contributed by atoms with Crippen molar-refractivity contribution in [2.24, 2.45) is 0 Å². The third kappa shape index (κ3) is 5.54. The van der Waals surface area contributed by atoms with E-state index in [-0.39, 0.29) is 26.4 Å². The van der Waals surface area contributed by atoms with Crippen LogP contribution in [0.5, 0.6) is 0 Å². The zero-order chi connectivity index (χ0) is 23.0. The van der Waals surface area contributed by atoms with Crippen molar-refractivity contribution in [3.05, 3.63) is 70.1 Å². The van der Waals surface area contributed by atoms with Gasteiger partial charge >= 0.3 is 6.18 Å². The Balaban J connectivity index is 1.82. The van der Waals surface area contributed by atoms with Crippen molar-refractivity contribution in [3.63, 3.8) is 0 Å². The third-order valence-electron chi connectivity index (χ3n) is 4.18. The monoisotopic (exact) mass is 464 g/mol. The van der Waals surface area contributed by atoms with Crippen LogP contribution in [-0.2, 0) is 11.0 Å². The molecule has 1 saturated heterocycles. The van der Waals surface area contributed by atoms with Crippen molar-refractivity contribution in [2.45, 2.75) is 32.5 Å². The zero-order valence-electron chi connectivity index (χ0n) is 16.9. The lowest BCUT2D eigenvalue weighted by Gasteiger charge is -2.20. The summed E-state index contributed by atoms with van der Waals surface area (Å²) in [5.74, 6) is -0.709. The summed E-state index contributed by atoms with van der Waals surface area (Å²) in [5.41, 5.74) is -0.0183. The van der Waals surface area contributed by atoms with Crippen molar-refractivity contribution >= 4 is 51.9 Å². The maximum absolute atomic E-state index is 13.0. The smallest absolute Gasteiger partial charge is 0.347 e. The van der Waals surface area contributed by atoms with Gasteiger partial charge in [-0.1, -0.05) is 42.2 Å². The van der Waals surface area contributed by atoms with Crippen molar-refractivity contribution in [1.29, 1.82) is 0 Å². The van der Waals surface area contributed by atoms with Gasteiger partial charge in [-0.2, -0.15) is 13.2 Å². The molecule has 0 aromatic heterocycles. The first-order chi connectivity index (χ1) is 14.3. The van der Waals surface area contributed by atoms with Crippen LogP contribution in [0.3, 0.4) is 0 Å². The predicted molar refractivity (Wildman–Crippen MR) is 121 cm³/mol. The first kappa shape index (κ1) is 23.0. The minimum absolute atomic E-state index is 0.0647. The standard InChI is InChI=1S/C22H19F3N2O2S2/c1-21(2,3)26-18(28)14-9-7-13(8-10-14)11-17-19(29)27(20(30)31-17)16-6-4-5-15(12-16)22(23,24)25/h4-12H,1-3H3,(H,26,28). The van der Waals surface area contributed by atoms with Gasteiger partial charge in [-0.15, -0.1) is 0 Å². The molecule has 31 heavy (non-hydrogen) atoms. The molecule has 1 aliphatic rings. The molecule has 2 aromatic carbocycles. The van der Waals surface area contributed by atoms with E-state index < -0.39 is 17.6 Å². The molecule has 0 atom stereocenters. The molecule has 162 valence electrons. The molecule has 2 amide bonds. The number of nitrogens with zero attached hydrogens (tertiary/aromatic N) is 1. The number of thioether (sulfide) groups is 1. The van der Waals surface area contributed by atoms with Crippen LogP contribution in [0.2, 0.25) is 0 Å². The lowest BCUT2D eigenvalue weighted by Crippen LogP contribution is -2.40. The number of alkyl halides is 3. The Morgan fingerprint density at radius 1 is 1.10 bits per heavy atom. The maximum Gasteiger partial charge on any atom is 0.416 e. The lowest BCUT2D eigenvalue weighted by molar-refractivity contribution is -0.137. The van der Waals surface area contributed by atoms with Gasteiger partial charge in [0, 0.05) is 11.1 Å². The minimum Gasteiger partial charge on any atom is -0.347 e. The fraction of sp³-hybridized carbons (Fsp3) is 0.227. The molecule has 0 radical (unpaired) electrons. The largest absolute Gasteiger partial charge is 0.416 e. The molecule has 1 fully saturated rings. The summed E-state index contributed by atoms with van der Waals surface area (Å²) in [5, 5.41) is 2.86. The second-order valence-corrected chi connectivity index (χ2v) is 9.57. The quantitative estimate of drug-likeness (QED) is 0.472. The second-order valence-electron chi connectivity index (χ2n) is 7.89. The van der Waals surface area contributed by atoms with Crippen LogP contribution in [0.25, 0.3) is 6.08 Å². The van der Waals surface area contributed by atoms with Crippen molar-refractivity contribution in [3.8, 4) is 0 Å². The Labute approximate surface area is 187 Å². The summed E-state index contributed by atoms with van der Waals surface area (Å²) in [4.78, 5) is 26.4. The molecule has 0 spiro atoms. The fourth-order valence-corrected chi connectivity index (χ4v) is 4.11. The van der Waals surface area contributed by atoms with Gasteiger partial charge in [-0.3, -0.25) is 14.5 Å². The van der Waals surface area contributed by atoms with Gasteiger partial charge in [0.2, 0.25) is 0 Å². The van der Waals surface area contributed by atoms with Crippen LogP contribution >= 0.6 is 24.0 Å². The summed E-state index contributed by atoms with van der Waals surface area (Å²) < 4.78 is 39.2. The van der Waals surface area contributed by atoms with Crippen LogP contribution in [0.4, 0.5) is 18.9 Å². The molecule has 1 heterocycles. The summed E-state index contributed by atoms with van der Waals surface area (Å²) in [6.07, 6.45) is -2.93. The Morgan fingerprint density at radius 2 is 1.74 bits per heavy atom. The summed E-state index contributed by atoms with van der Waals surface area (Å²) in [7, 11) is 0. The Bertz CT molecular complexity index is 1070. The van der Waals surface area contributed by atoms with Gasteiger partial charge in [0.25, 0.3) is 11.8 Å². The molecular formula is C22H19F3N2O2S2. The van der Waals surface area contributed by atoms with E-state index in [1.165, 1.54) is 12.1 Å². The van der Waals surface area contributed by atoms with Gasteiger partial charge in [0.15, 0.2) is 4.32 Å². The number of rotatable bonds is 3. The average Bonchev–Trinajstić information content (AvgIpc) is 2.93. The van der Waals surface area contributed by atoms with Crippen LogP contribution in [0, 0.1) is 0 Å². The molecule has 0 bridgehead atoms. The van der Waals surface area contributed by atoms with Crippen LogP contribution in [-0.4, -0.2) is 21.7 Å². The number of amides is 2. The van der Waals surface area contributed by atoms with E-state index in [2.05, 4.69) is 5.32 Å². The molecule has 3 rings (SSSR count). The first-order valence-corrected chi connectivity index (χ1v) is 10.5. The normalized spacial score (nSPS) is 16.2. The van der Waals surface area contributed by atoms with Gasteiger partial charge in [0.05, 0.1) is 16.2 Å². The summed E-state index contributed by atoms with van der Waals surface area (Å²) in [6, 6.07) is 11.1. The summed E-state index contributed by atoms with van der Waals surface area (Å²) >= 11 is 6.24. The van der Waals surface area contributed by atoms with Crippen molar-refractivity contribution in [1.82, 2.24) is 5.32 Å². The Hall–Kier alpha value is -2.65. The van der Waals surface area contributed by atoms with Gasteiger partial charge in [-0.05, 0) is 62.7 Å². The highest BCUT2D eigenvalue weighted by Crippen LogP contribution is 2.38. The predicted octanol–water partition coefficient (Wildman–Crippen LogP) is 5.64. The number of halogens is 3. The van der Waals surface area contributed by atoms with Crippen LogP contribution < -0.4 is 10.2 Å². The van der Waals surface area contributed by atoms with E-state index in [1.807, 2.05) is 20.8 Å². The van der Waals surface area contributed by atoms with Crippen LogP contribution in [0.15, 0.2) is 53.4 Å². The number of anilines is 1. The number of hydrogen-bond acceptors (Lipinski definition) is 4. The first-order valence-electron chi connectivity index (χ1n) is 9.23. The molecule has 4 nitrogen and oxygen atoms in total.